The number of likely N-dealkylation sites (N-methyl/N-ethyl adjacent to an activating group) is 1. The summed E-state index contributed by atoms with van der Waals surface area (Å²) in [6, 6.07) is 7.13. The zero-order valence-electron chi connectivity index (χ0n) is 54.4. The predicted molar refractivity (Wildman–Crippen MR) is 328 cm³/mol. The van der Waals surface area contributed by atoms with Crippen molar-refractivity contribution in [1.29, 1.82) is 0 Å². The van der Waals surface area contributed by atoms with E-state index in [4.69, 9.17) is 37.9 Å². The van der Waals surface area contributed by atoms with Crippen LogP contribution >= 0.6 is 0 Å². The van der Waals surface area contributed by atoms with Gasteiger partial charge >= 0.3 is 12.1 Å². The largest absolute Gasteiger partial charge is 0.458 e. The molecule has 21 atom stereocenters. The van der Waals surface area contributed by atoms with Crippen molar-refractivity contribution in [1.82, 2.24) is 30.3 Å². The first kappa shape index (κ1) is 66.7. The minimum Gasteiger partial charge on any atom is -0.458 e. The van der Waals surface area contributed by atoms with E-state index in [1.807, 2.05) is 74.6 Å². The Labute approximate surface area is 516 Å². The van der Waals surface area contributed by atoms with E-state index in [0.29, 0.717) is 38.1 Å². The zero-order chi connectivity index (χ0) is 63.0. The van der Waals surface area contributed by atoms with E-state index in [9.17, 15) is 14.7 Å². The number of Topliss-reactive ketones (excluding diaryl/α,β-unsaturated/α-hetero) is 1. The van der Waals surface area contributed by atoms with E-state index in [1.54, 1.807) is 25.8 Å². The van der Waals surface area contributed by atoms with Crippen molar-refractivity contribution in [2.24, 2.45) is 35.5 Å². The summed E-state index contributed by atoms with van der Waals surface area (Å²) < 4.78 is 69.7. The lowest BCUT2D eigenvalue weighted by atomic mass is 9.68. The van der Waals surface area contributed by atoms with E-state index in [-0.39, 0.29) is 55.4 Å². The van der Waals surface area contributed by atoms with E-state index in [1.165, 1.54) is 5.01 Å². The van der Waals surface area contributed by atoms with Gasteiger partial charge in [0.05, 0.1) is 59.3 Å². The molecule has 5 aliphatic heterocycles. The number of aliphatic hydroxyl groups is 1. The smallest absolute Gasteiger partial charge is 0.425 e. The van der Waals surface area contributed by atoms with Crippen molar-refractivity contribution in [3.8, 4) is 0 Å². The molecule has 7 aliphatic rings. The number of esters is 1. The first-order valence-corrected chi connectivity index (χ1v) is 32.2. The van der Waals surface area contributed by atoms with Crippen LogP contribution in [0.3, 0.4) is 0 Å². The molecule has 0 spiro atoms. The molecule has 1 saturated carbocycles. The molecule has 18 nitrogen and oxygen atoms in total. The molecular weight excluding hydrogens is 1110 g/mol. The molecule has 3 unspecified atom stereocenters. The summed E-state index contributed by atoms with van der Waals surface area (Å²) >= 11 is 0. The minimum absolute atomic E-state index is 0.00781. The van der Waals surface area contributed by atoms with Crippen molar-refractivity contribution in [3.63, 3.8) is 0 Å². The Balaban J connectivity index is 0.960. The number of aromatic nitrogens is 3. The lowest BCUT2D eigenvalue weighted by molar-refractivity contribution is -0.278. The molecule has 9 rings (SSSR count). The third kappa shape index (κ3) is 14.3. The molecule has 6 fully saturated rings. The van der Waals surface area contributed by atoms with Crippen LogP contribution in [0.2, 0.25) is 0 Å². The maximum absolute atomic E-state index is 15.3. The number of hydrogen-bond acceptors (Lipinski definition) is 16. The number of benzene rings is 1. The number of halogens is 1. The zero-order valence-corrected chi connectivity index (χ0v) is 54.4. The first-order valence-electron chi connectivity index (χ1n) is 32.2. The molecule has 2 N–H and O–H groups in total. The molecule has 2 aromatic rings. The van der Waals surface area contributed by atoms with Crippen molar-refractivity contribution in [2.75, 3.05) is 34.5 Å². The highest BCUT2D eigenvalue weighted by molar-refractivity contribution is 5.81. The monoisotopic (exact) mass is 1210 g/mol. The Hall–Kier alpha value is -4.70. The highest BCUT2D eigenvalue weighted by Gasteiger charge is 2.62. The number of amides is 1. The van der Waals surface area contributed by atoms with Crippen LogP contribution in [0.25, 0.3) is 5.57 Å². The van der Waals surface area contributed by atoms with Crippen molar-refractivity contribution < 1.29 is 61.8 Å². The van der Waals surface area contributed by atoms with Crippen LogP contribution in [0.5, 0.6) is 0 Å². The number of allylic oxidation sites excluding steroid dienone is 7. The van der Waals surface area contributed by atoms with Gasteiger partial charge in [0.1, 0.15) is 30.8 Å². The molecule has 0 radical (unpaired) electrons. The molecule has 0 bridgehead atoms. The van der Waals surface area contributed by atoms with Gasteiger partial charge in [-0.05, 0) is 133 Å². The highest BCUT2D eigenvalue weighted by atomic mass is 19.1. The third-order valence-corrected chi connectivity index (χ3v) is 21.1. The maximum Gasteiger partial charge on any atom is 0.425 e. The quantitative estimate of drug-likeness (QED) is 0.0994. The van der Waals surface area contributed by atoms with Gasteiger partial charge in [0.2, 0.25) is 0 Å². The lowest BCUT2D eigenvalue weighted by Crippen LogP contribution is -2.61. The third-order valence-electron chi connectivity index (χ3n) is 21.1. The lowest BCUT2D eigenvalue weighted by Gasteiger charge is -2.51. The van der Waals surface area contributed by atoms with Gasteiger partial charge in [-0.3, -0.25) is 9.59 Å². The number of alkyl halides is 1. The standard InChI is InChI=1S/C68H101FN6O12/c1-17-52(48-25-23-47(24-26-48)46-21-19-38(3)39(4)20-22-46)53(36-69)74-37-50(70-72-74)29-30-73(14)51-32-42(7)82-57(33-51)85-62-43(8)58(55-35-66(11,80-15)61(77)45(10)83-55)44(9)64(78)84-56(18-2)68(13)60(40(5)31-54(76)41(6)34-67(62,12)81-16)75(65(79)87-68)71-63-59(86-63)49-27-28-49/h19-26,37,40-45,49,51-53,55-63,71,77H,3,17-18,27-36H2,1-2,4-16H3/t40-,41+,42+,43-,44+,45-,51-,52+,53+,55+,56+,57-,58?,59?,60+,61-,62+,63?,66+,67+,68+/m0/s1. The first-order chi connectivity index (χ1) is 41.3. The normalized spacial score (nSPS) is 38.8. The van der Waals surface area contributed by atoms with Gasteiger partial charge in [-0.15, -0.1) is 5.10 Å². The molecular formula is C68H101FN6O12. The van der Waals surface area contributed by atoms with Crippen molar-refractivity contribution in [2.45, 2.75) is 243 Å². The van der Waals surface area contributed by atoms with E-state index in [0.717, 1.165) is 52.8 Å². The molecule has 1 aromatic heterocycles. The molecule has 2 aliphatic carbocycles. The highest BCUT2D eigenvalue weighted by Crippen LogP contribution is 2.49. The second-order valence-corrected chi connectivity index (χ2v) is 27.4. The Kier molecular flexibility index (Phi) is 21.0. The van der Waals surface area contributed by atoms with Gasteiger partial charge in [0, 0.05) is 76.4 Å². The number of hydrogen-bond donors (Lipinski definition) is 2. The van der Waals surface area contributed by atoms with Crippen molar-refractivity contribution in [3.05, 3.63) is 89.3 Å². The van der Waals surface area contributed by atoms with Crippen molar-refractivity contribution >= 4 is 23.4 Å². The average molecular weight is 1210 g/mol. The summed E-state index contributed by atoms with van der Waals surface area (Å²) in [5.41, 5.74) is 5.82. The van der Waals surface area contributed by atoms with Crippen LogP contribution in [0.1, 0.15) is 170 Å². The van der Waals surface area contributed by atoms with Crippen LogP contribution in [-0.4, -0.2) is 166 Å². The average Bonchev–Trinajstić information content (AvgIpc) is 1.76. The molecule has 1 aromatic carbocycles. The second kappa shape index (κ2) is 27.4. The van der Waals surface area contributed by atoms with E-state index < -0.39 is 114 Å². The summed E-state index contributed by atoms with van der Waals surface area (Å²) in [5, 5.41) is 22.1. The fourth-order valence-corrected chi connectivity index (χ4v) is 15.3. The topological polar surface area (TPSA) is 198 Å². The minimum atomic E-state index is -1.37. The Morgan fingerprint density at radius 1 is 0.943 bits per heavy atom. The summed E-state index contributed by atoms with van der Waals surface area (Å²) in [5.74, 6) is -3.31. The van der Waals surface area contributed by atoms with Gasteiger partial charge in [-0.2, -0.15) is 5.43 Å². The number of carbonyl (C=O) groups excluding carboxylic acids is 3. The fraction of sp³-hybridized carbons (Fsp3) is 0.721. The van der Waals surface area contributed by atoms with Gasteiger partial charge in [-0.25, -0.2) is 18.9 Å². The number of fused-ring (bicyclic) bond motifs is 1. The SMILES string of the molecule is C=C1C=CC(c2ccc([C@@H](CC)[C@@H](CF)n3cc(CCN(C)[C@@H]4C[C@H](O[C@@H]5[C@@H](C)C([C@H]6C[C@@](C)(OC)[C@@H](O)[C@H](C)O6)[C@@H](C)C(=O)O[C@H](CC)[C@@]6(C)OC(=O)N(NC7OC7C7CC7)[C@@H]6[C@@H](C)CC(=O)[C@H](C)C[C@@]5(C)OC)O[C@H](C)C4)nn3)cc2)=CC=C1C. The van der Waals surface area contributed by atoms with Crippen LogP contribution in [-0.2, 0) is 53.9 Å². The number of ketones is 1. The number of epoxide rings is 1. The number of carbonyl (C=O) groups is 3. The van der Waals surface area contributed by atoms with Gasteiger partial charge < -0.3 is 47.9 Å². The summed E-state index contributed by atoms with van der Waals surface area (Å²) in [4.78, 5) is 46.7. The summed E-state index contributed by atoms with van der Waals surface area (Å²) in [6.07, 6.45) is 9.70. The summed E-state index contributed by atoms with van der Waals surface area (Å²) in [6.45, 7) is 27.4. The molecule has 1 amide bonds. The van der Waals surface area contributed by atoms with Crippen LogP contribution < -0.4 is 5.43 Å². The number of ether oxygens (including phenoxy) is 8. The van der Waals surface area contributed by atoms with E-state index >= 15 is 9.18 Å². The number of nitrogens with one attached hydrogen (secondary N) is 1. The van der Waals surface area contributed by atoms with Gasteiger partial charge in [0.15, 0.2) is 18.1 Å². The molecule has 87 heavy (non-hydrogen) atoms. The summed E-state index contributed by atoms with van der Waals surface area (Å²) in [7, 11) is 5.30. The molecule has 5 saturated heterocycles. The van der Waals surface area contributed by atoms with Crippen LogP contribution in [0.15, 0.2) is 72.5 Å². The number of nitrogens with zero attached hydrogens (tertiary/aromatic N) is 5. The Morgan fingerprint density at radius 3 is 2.31 bits per heavy atom. The molecule has 6 heterocycles. The van der Waals surface area contributed by atoms with Gasteiger partial charge in [-0.1, -0.05) is 102 Å². The van der Waals surface area contributed by atoms with Gasteiger partial charge in [0.25, 0.3) is 0 Å². The van der Waals surface area contributed by atoms with Crippen LogP contribution in [0, 0.1) is 35.5 Å². The Bertz CT molecular complexity index is 2840. The number of methoxy groups -OCH3 is 2. The number of cyclic esters (lactones) is 1. The molecule has 482 valence electrons. The van der Waals surface area contributed by atoms with Crippen LogP contribution in [0.4, 0.5) is 9.18 Å². The fourth-order valence-electron chi connectivity index (χ4n) is 15.3. The number of hydrazine groups is 1. The predicted octanol–water partition coefficient (Wildman–Crippen LogP) is 10.6. The van der Waals surface area contributed by atoms with E-state index in [2.05, 4.69) is 90.6 Å². The molecule has 19 heteroatoms. The number of rotatable bonds is 19. The number of aliphatic hydroxyl groups excluding tert-OH is 1. The Morgan fingerprint density at radius 2 is 1.66 bits per heavy atom. The maximum atomic E-state index is 15.3. The second-order valence-electron chi connectivity index (χ2n) is 27.4.